The average molecular weight is 660 g/mol. The van der Waals surface area contributed by atoms with Gasteiger partial charge in [-0.05, 0) is 78.9 Å². The minimum Gasteiger partial charge on any atom is -0.475 e. The van der Waals surface area contributed by atoms with Crippen LogP contribution < -0.4 is 11.1 Å². The van der Waals surface area contributed by atoms with Gasteiger partial charge in [0.15, 0.2) is 0 Å². The maximum atomic E-state index is 13.4. The number of benzene rings is 4. The van der Waals surface area contributed by atoms with Crippen LogP contribution in [0.5, 0.6) is 0 Å². The summed E-state index contributed by atoms with van der Waals surface area (Å²) in [4.78, 5) is 22.3. The Balaban J connectivity index is 0.000000671. The molecule has 1 heterocycles. The Morgan fingerprint density at radius 3 is 2.19 bits per heavy atom. The molecule has 13 heteroatoms. The molecule has 1 amide bonds. The predicted octanol–water partition coefficient (Wildman–Crippen LogP) is 6.96. The number of carboxylic acid groups (broad SMARTS) is 1. The molecule has 9 nitrogen and oxygen atoms in total. The highest BCUT2D eigenvalue weighted by Crippen LogP contribution is 2.32. The second-order valence-corrected chi connectivity index (χ2v) is 11.0. The zero-order chi connectivity index (χ0) is 35.1. The Labute approximate surface area is 272 Å². The molecule has 48 heavy (non-hydrogen) atoms. The number of nitriles is 1. The highest BCUT2D eigenvalue weighted by atomic mass is 19.4. The van der Waals surface area contributed by atoms with Crippen molar-refractivity contribution in [2.24, 2.45) is 5.73 Å². The number of nitrogens with one attached hydrogen (secondary N) is 1. The molecule has 4 N–H and O–H groups in total. The van der Waals surface area contributed by atoms with Crippen LogP contribution in [-0.4, -0.2) is 33.4 Å². The maximum Gasteiger partial charge on any atom is 0.490 e. The van der Waals surface area contributed by atoms with E-state index in [0.717, 1.165) is 11.1 Å². The fraction of sp³-hybridized carbons (Fsp3) is 0.171. The first kappa shape index (κ1) is 35.0. The molecule has 5 rings (SSSR count). The summed E-state index contributed by atoms with van der Waals surface area (Å²) in [5, 5.41) is 28.3. The highest BCUT2D eigenvalue weighted by Gasteiger charge is 2.38. The Hall–Kier alpha value is -5.87. The largest absolute Gasteiger partial charge is 0.490 e. The molecular weight excluding hydrogens is 630 g/mol. The van der Waals surface area contributed by atoms with E-state index in [0.29, 0.717) is 34.2 Å². The fourth-order valence-electron chi connectivity index (χ4n) is 4.65. The molecule has 0 aliphatic heterocycles. The van der Waals surface area contributed by atoms with E-state index in [1.54, 1.807) is 42.5 Å². The number of hydrogen-bond donors (Lipinski definition) is 3. The zero-order valence-electron chi connectivity index (χ0n) is 25.6. The summed E-state index contributed by atoms with van der Waals surface area (Å²) in [5.74, 6) is -3.01. The van der Waals surface area contributed by atoms with E-state index in [4.69, 9.17) is 20.1 Å². The summed E-state index contributed by atoms with van der Waals surface area (Å²) < 4.78 is 51.2. The quantitative estimate of drug-likeness (QED) is 0.151. The summed E-state index contributed by atoms with van der Waals surface area (Å²) in [6.45, 7) is 3.65. The first-order valence-electron chi connectivity index (χ1n) is 14.4. The summed E-state index contributed by atoms with van der Waals surface area (Å²) in [7, 11) is 0. The summed E-state index contributed by atoms with van der Waals surface area (Å²) in [6.07, 6.45) is -4.60. The van der Waals surface area contributed by atoms with Gasteiger partial charge in [0.2, 0.25) is 11.8 Å². The standard InChI is InChI=1S/C33H28FN5O2.C2HF3O2/c1-21(23-12-14-28(34)15-13-23)37-30(40)26-16-25(29-11-7-6-10-24(29)20-35)17-27(18-26)31-38-39-32(41-31)33(2,36)19-22-8-4-3-5-9-22;3-2(4,5)1(6)7/h3-18,21H,19,36H2,1-2H3,(H,37,40);(H,6,7)/t21?,33-;/m1./s1. The molecule has 0 spiro atoms. The van der Waals surface area contributed by atoms with Crippen molar-refractivity contribution in [3.8, 4) is 28.7 Å². The van der Waals surface area contributed by atoms with Crippen LogP contribution in [0, 0.1) is 17.1 Å². The van der Waals surface area contributed by atoms with Crippen LogP contribution in [-0.2, 0) is 16.8 Å². The first-order valence-corrected chi connectivity index (χ1v) is 14.4. The van der Waals surface area contributed by atoms with Gasteiger partial charge in [-0.25, -0.2) is 9.18 Å². The van der Waals surface area contributed by atoms with Crippen molar-refractivity contribution < 1.29 is 36.7 Å². The molecule has 2 atom stereocenters. The van der Waals surface area contributed by atoms with Crippen LogP contribution in [0.25, 0.3) is 22.6 Å². The van der Waals surface area contributed by atoms with Crippen LogP contribution in [0.3, 0.4) is 0 Å². The molecule has 0 saturated carbocycles. The normalized spacial score (nSPS) is 12.9. The second-order valence-electron chi connectivity index (χ2n) is 11.0. The Morgan fingerprint density at radius 1 is 0.958 bits per heavy atom. The molecule has 0 radical (unpaired) electrons. The number of aromatic nitrogens is 2. The van der Waals surface area contributed by atoms with Gasteiger partial charge in [0, 0.05) is 11.1 Å². The molecule has 0 aliphatic carbocycles. The predicted molar refractivity (Wildman–Crippen MR) is 168 cm³/mol. The maximum absolute atomic E-state index is 13.4. The number of nitrogens with zero attached hydrogens (tertiary/aromatic N) is 3. The smallest absolute Gasteiger partial charge is 0.475 e. The molecule has 5 aromatic rings. The molecule has 1 unspecified atom stereocenters. The van der Waals surface area contributed by atoms with Gasteiger partial charge in [0.05, 0.1) is 23.2 Å². The molecule has 0 aliphatic rings. The lowest BCUT2D eigenvalue weighted by Gasteiger charge is -2.20. The number of alkyl halides is 3. The number of rotatable bonds is 8. The second kappa shape index (κ2) is 14.7. The molecule has 0 fully saturated rings. The minimum absolute atomic E-state index is 0.196. The Kier molecular flexibility index (Phi) is 10.7. The van der Waals surface area contributed by atoms with E-state index in [9.17, 15) is 27.6 Å². The van der Waals surface area contributed by atoms with Crippen LogP contribution in [0.1, 0.15) is 52.8 Å². The van der Waals surface area contributed by atoms with E-state index >= 15 is 0 Å². The third kappa shape index (κ3) is 8.89. The van der Waals surface area contributed by atoms with Crippen molar-refractivity contribution in [2.45, 2.75) is 38.0 Å². The summed E-state index contributed by atoms with van der Waals surface area (Å²) >= 11 is 0. The third-order valence-corrected chi connectivity index (χ3v) is 7.09. The number of nitrogens with two attached hydrogens (primary N) is 1. The molecular formula is C35H29F4N5O4. The van der Waals surface area contributed by atoms with Crippen molar-refractivity contribution in [3.05, 3.63) is 131 Å². The van der Waals surface area contributed by atoms with E-state index in [1.807, 2.05) is 56.3 Å². The van der Waals surface area contributed by atoms with Gasteiger partial charge in [-0.1, -0.05) is 60.7 Å². The van der Waals surface area contributed by atoms with E-state index in [1.165, 1.54) is 12.1 Å². The minimum atomic E-state index is -5.08. The molecule has 246 valence electrons. The fourth-order valence-corrected chi connectivity index (χ4v) is 4.65. The monoisotopic (exact) mass is 659 g/mol. The van der Waals surface area contributed by atoms with Crippen molar-refractivity contribution in [1.29, 1.82) is 5.26 Å². The molecule has 4 aromatic carbocycles. The van der Waals surface area contributed by atoms with Crippen LogP contribution in [0.15, 0.2) is 101 Å². The lowest BCUT2D eigenvalue weighted by atomic mass is 9.94. The highest BCUT2D eigenvalue weighted by molar-refractivity contribution is 5.97. The Morgan fingerprint density at radius 2 is 1.56 bits per heavy atom. The van der Waals surface area contributed by atoms with Gasteiger partial charge in [-0.15, -0.1) is 10.2 Å². The number of carbonyl (C=O) groups excluding carboxylic acids is 1. The Bertz CT molecular complexity index is 1940. The van der Waals surface area contributed by atoms with Gasteiger partial charge in [0.1, 0.15) is 5.82 Å². The van der Waals surface area contributed by atoms with Crippen molar-refractivity contribution in [1.82, 2.24) is 15.5 Å². The lowest BCUT2D eigenvalue weighted by molar-refractivity contribution is -0.192. The van der Waals surface area contributed by atoms with Crippen molar-refractivity contribution >= 4 is 11.9 Å². The first-order chi connectivity index (χ1) is 22.7. The van der Waals surface area contributed by atoms with Gasteiger partial charge < -0.3 is 20.6 Å². The third-order valence-electron chi connectivity index (χ3n) is 7.09. The lowest BCUT2D eigenvalue weighted by Crippen LogP contribution is -2.35. The zero-order valence-corrected chi connectivity index (χ0v) is 25.6. The van der Waals surface area contributed by atoms with Gasteiger partial charge in [-0.3, -0.25) is 4.79 Å². The van der Waals surface area contributed by atoms with Gasteiger partial charge in [-0.2, -0.15) is 18.4 Å². The summed E-state index contributed by atoms with van der Waals surface area (Å²) in [6, 6.07) is 29.9. The van der Waals surface area contributed by atoms with Crippen LogP contribution in [0.2, 0.25) is 0 Å². The molecule has 1 aromatic heterocycles. The summed E-state index contributed by atoms with van der Waals surface area (Å²) in [5.41, 5.74) is 10.0. The average Bonchev–Trinajstić information content (AvgIpc) is 3.57. The van der Waals surface area contributed by atoms with E-state index in [-0.39, 0.29) is 29.5 Å². The number of carbonyl (C=O) groups is 2. The number of aliphatic carboxylic acids is 1. The number of carboxylic acids is 1. The van der Waals surface area contributed by atoms with E-state index < -0.39 is 17.7 Å². The molecule has 0 bridgehead atoms. The van der Waals surface area contributed by atoms with Gasteiger partial charge in [0.25, 0.3) is 5.91 Å². The van der Waals surface area contributed by atoms with Crippen molar-refractivity contribution in [2.75, 3.05) is 0 Å². The number of hydrogen-bond acceptors (Lipinski definition) is 7. The SMILES string of the molecule is CC(NC(=O)c1cc(-c2nnc([C@](C)(N)Cc3ccccc3)o2)cc(-c2ccccc2C#N)c1)c1ccc(F)cc1.O=C(O)C(F)(F)F. The van der Waals surface area contributed by atoms with E-state index in [2.05, 4.69) is 21.6 Å². The number of halogens is 4. The van der Waals surface area contributed by atoms with Crippen LogP contribution in [0.4, 0.5) is 17.6 Å². The topological polar surface area (TPSA) is 155 Å². The van der Waals surface area contributed by atoms with Crippen LogP contribution >= 0.6 is 0 Å². The van der Waals surface area contributed by atoms with Crippen molar-refractivity contribution in [3.63, 3.8) is 0 Å². The molecule has 0 saturated heterocycles. The number of amides is 1. The van der Waals surface area contributed by atoms with Gasteiger partial charge >= 0.3 is 12.1 Å².